The molecular weight excluding hydrogens is 340 g/mol. The van der Waals surface area contributed by atoms with Crippen LogP contribution in [0.25, 0.3) is 0 Å². The molecule has 2 fully saturated rings. The molecular formula is C22H25N2O3+. The number of ether oxygens (including phenoxy) is 1. The lowest BCUT2D eigenvalue weighted by Crippen LogP contribution is -3.17. The molecule has 0 bridgehead atoms. The van der Waals surface area contributed by atoms with Crippen LogP contribution in [-0.2, 0) is 9.59 Å². The molecule has 2 aromatic carbocycles. The number of imide groups is 1. The molecule has 1 N–H and O–H groups in total. The fourth-order valence-corrected chi connectivity index (χ4v) is 4.35. The Kier molecular flexibility index (Phi) is 4.94. The molecule has 2 aliphatic heterocycles. The number of carbonyl (C=O) groups is 2. The second-order valence-electron chi connectivity index (χ2n) is 7.37. The third-order valence-corrected chi connectivity index (χ3v) is 5.87. The maximum absolute atomic E-state index is 13.0. The maximum Gasteiger partial charge on any atom is 0.292 e. The molecule has 4 rings (SSSR count). The number of carbonyl (C=O) groups excluding carboxylic acids is 2. The van der Waals surface area contributed by atoms with E-state index >= 15 is 0 Å². The SMILES string of the molecule is COc1ccc(N2C(=O)C[C@@H]([NH+]3CCC(c4ccccc4)CC3)C2=O)cc1. The van der Waals surface area contributed by atoms with Crippen LogP contribution in [0.5, 0.6) is 5.75 Å². The molecule has 2 aliphatic rings. The Morgan fingerprint density at radius 3 is 2.26 bits per heavy atom. The predicted molar refractivity (Wildman–Crippen MR) is 103 cm³/mol. The monoisotopic (exact) mass is 365 g/mol. The highest BCUT2D eigenvalue weighted by molar-refractivity contribution is 6.21. The molecule has 0 aliphatic carbocycles. The van der Waals surface area contributed by atoms with Crippen LogP contribution in [-0.4, -0.2) is 38.1 Å². The average Bonchev–Trinajstić information content (AvgIpc) is 3.03. The highest BCUT2D eigenvalue weighted by Crippen LogP contribution is 2.26. The molecule has 140 valence electrons. The number of nitrogens with zero attached hydrogens (tertiary/aromatic N) is 1. The van der Waals surface area contributed by atoms with Crippen LogP contribution in [0.3, 0.4) is 0 Å². The van der Waals surface area contributed by atoms with Gasteiger partial charge in [-0.15, -0.1) is 0 Å². The van der Waals surface area contributed by atoms with Crippen LogP contribution in [0.4, 0.5) is 5.69 Å². The number of methoxy groups -OCH3 is 1. The van der Waals surface area contributed by atoms with Gasteiger partial charge in [0.15, 0.2) is 6.04 Å². The van der Waals surface area contributed by atoms with Crippen molar-refractivity contribution in [1.29, 1.82) is 0 Å². The first-order chi connectivity index (χ1) is 13.2. The summed E-state index contributed by atoms with van der Waals surface area (Å²) in [5.74, 6) is 1.09. The van der Waals surface area contributed by atoms with Crippen LogP contribution in [0.15, 0.2) is 54.6 Å². The van der Waals surface area contributed by atoms with Gasteiger partial charge in [-0.25, -0.2) is 4.90 Å². The summed E-state index contributed by atoms with van der Waals surface area (Å²) in [4.78, 5) is 28.1. The predicted octanol–water partition coefficient (Wildman–Crippen LogP) is 1.79. The number of nitrogens with one attached hydrogen (secondary N) is 1. The Bertz CT molecular complexity index is 811. The largest absolute Gasteiger partial charge is 0.497 e. The number of hydrogen-bond acceptors (Lipinski definition) is 3. The van der Waals surface area contributed by atoms with E-state index in [0.29, 0.717) is 23.8 Å². The van der Waals surface area contributed by atoms with Gasteiger partial charge in [0.2, 0.25) is 5.91 Å². The van der Waals surface area contributed by atoms with E-state index < -0.39 is 0 Å². The lowest BCUT2D eigenvalue weighted by Gasteiger charge is -2.32. The zero-order chi connectivity index (χ0) is 18.8. The van der Waals surface area contributed by atoms with Crippen molar-refractivity contribution in [1.82, 2.24) is 0 Å². The summed E-state index contributed by atoms with van der Waals surface area (Å²) in [6, 6.07) is 17.4. The highest BCUT2D eigenvalue weighted by atomic mass is 16.5. The van der Waals surface area contributed by atoms with Gasteiger partial charge < -0.3 is 9.64 Å². The Morgan fingerprint density at radius 2 is 1.63 bits per heavy atom. The van der Waals surface area contributed by atoms with Gasteiger partial charge in [-0.05, 0) is 35.7 Å². The van der Waals surface area contributed by atoms with Gasteiger partial charge in [0.1, 0.15) is 5.75 Å². The number of benzene rings is 2. The normalized spacial score (nSPS) is 25.7. The van der Waals surface area contributed by atoms with E-state index in [0.717, 1.165) is 25.9 Å². The number of piperidine rings is 1. The molecule has 0 radical (unpaired) electrons. The van der Waals surface area contributed by atoms with Crippen molar-refractivity contribution in [3.05, 3.63) is 60.2 Å². The summed E-state index contributed by atoms with van der Waals surface area (Å²) < 4.78 is 5.16. The zero-order valence-corrected chi connectivity index (χ0v) is 15.6. The second kappa shape index (κ2) is 7.53. The quantitative estimate of drug-likeness (QED) is 0.841. The summed E-state index contributed by atoms with van der Waals surface area (Å²) in [6.07, 6.45) is 2.41. The lowest BCUT2D eigenvalue weighted by molar-refractivity contribution is -0.920. The van der Waals surface area contributed by atoms with E-state index in [9.17, 15) is 9.59 Å². The maximum atomic E-state index is 13.0. The molecule has 0 aromatic heterocycles. The topological polar surface area (TPSA) is 51.0 Å². The molecule has 2 amide bonds. The highest BCUT2D eigenvalue weighted by Gasteiger charge is 2.46. The van der Waals surface area contributed by atoms with E-state index in [-0.39, 0.29) is 17.9 Å². The van der Waals surface area contributed by atoms with E-state index in [2.05, 4.69) is 24.3 Å². The molecule has 27 heavy (non-hydrogen) atoms. The van der Waals surface area contributed by atoms with Crippen molar-refractivity contribution in [2.45, 2.75) is 31.2 Å². The average molecular weight is 365 g/mol. The van der Waals surface area contributed by atoms with Crippen molar-refractivity contribution in [2.24, 2.45) is 0 Å². The minimum Gasteiger partial charge on any atom is -0.497 e. The van der Waals surface area contributed by atoms with Gasteiger partial charge in [-0.2, -0.15) is 0 Å². The van der Waals surface area contributed by atoms with Crippen molar-refractivity contribution in [3.8, 4) is 5.75 Å². The summed E-state index contributed by atoms with van der Waals surface area (Å²) in [5, 5.41) is 0. The molecule has 5 nitrogen and oxygen atoms in total. The first-order valence-corrected chi connectivity index (χ1v) is 9.57. The van der Waals surface area contributed by atoms with Gasteiger partial charge >= 0.3 is 0 Å². The van der Waals surface area contributed by atoms with Crippen LogP contribution in [0.1, 0.15) is 30.7 Å². The minimum atomic E-state index is -0.253. The molecule has 1 atom stereocenters. The lowest BCUT2D eigenvalue weighted by atomic mass is 9.89. The Balaban J connectivity index is 1.43. The molecule has 0 unspecified atom stereocenters. The fourth-order valence-electron chi connectivity index (χ4n) is 4.35. The molecule has 2 heterocycles. The van der Waals surface area contributed by atoms with Crippen LogP contribution in [0, 0.1) is 0 Å². The number of quaternary nitrogens is 1. The molecule has 2 aromatic rings. The summed E-state index contributed by atoms with van der Waals surface area (Å²) >= 11 is 0. The molecule has 0 saturated carbocycles. The number of anilines is 1. The fraction of sp³-hybridized carbons (Fsp3) is 0.364. The Labute approximate surface area is 159 Å². The number of rotatable bonds is 4. The van der Waals surface area contributed by atoms with E-state index in [1.807, 2.05) is 6.07 Å². The first kappa shape index (κ1) is 17.7. The van der Waals surface area contributed by atoms with Crippen LogP contribution >= 0.6 is 0 Å². The third-order valence-electron chi connectivity index (χ3n) is 5.87. The summed E-state index contributed by atoms with van der Waals surface area (Å²) in [6.45, 7) is 1.86. The van der Waals surface area contributed by atoms with E-state index in [1.165, 1.54) is 15.4 Å². The van der Waals surface area contributed by atoms with Gasteiger partial charge in [-0.1, -0.05) is 30.3 Å². The van der Waals surface area contributed by atoms with Crippen LogP contribution in [0.2, 0.25) is 0 Å². The molecule has 5 heteroatoms. The first-order valence-electron chi connectivity index (χ1n) is 9.57. The standard InChI is InChI=1S/C22H24N2O3/c1-27-19-9-7-18(8-10-19)24-21(25)15-20(22(24)26)23-13-11-17(12-14-23)16-5-3-2-4-6-16/h2-10,17,20H,11-15H2,1H3/p+1/t20-/m1/s1. The summed E-state index contributed by atoms with van der Waals surface area (Å²) in [7, 11) is 1.60. The third kappa shape index (κ3) is 3.47. The van der Waals surface area contributed by atoms with Gasteiger partial charge in [0.25, 0.3) is 5.91 Å². The molecule has 2 saturated heterocycles. The summed E-state index contributed by atoms with van der Waals surface area (Å²) in [5.41, 5.74) is 2.01. The zero-order valence-electron chi connectivity index (χ0n) is 15.6. The van der Waals surface area contributed by atoms with Gasteiger partial charge in [0, 0.05) is 12.8 Å². The molecule has 0 spiro atoms. The van der Waals surface area contributed by atoms with Crippen LogP contribution < -0.4 is 14.5 Å². The van der Waals surface area contributed by atoms with E-state index in [4.69, 9.17) is 4.74 Å². The van der Waals surface area contributed by atoms with Gasteiger partial charge in [0.05, 0.1) is 32.3 Å². The number of amides is 2. The Morgan fingerprint density at radius 1 is 0.963 bits per heavy atom. The van der Waals surface area contributed by atoms with Crippen molar-refractivity contribution in [2.75, 3.05) is 25.1 Å². The van der Waals surface area contributed by atoms with Crippen molar-refractivity contribution >= 4 is 17.5 Å². The Hall–Kier alpha value is -2.66. The second-order valence-corrected chi connectivity index (χ2v) is 7.37. The smallest absolute Gasteiger partial charge is 0.292 e. The van der Waals surface area contributed by atoms with Crippen molar-refractivity contribution < 1.29 is 19.2 Å². The number of likely N-dealkylation sites (tertiary alicyclic amines) is 1. The van der Waals surface area contributed by atoms with Crippen molar-refractivity contribution in [3.63, 3.8) is 0 Å². The number of hydrogen-bond donors (Lipinski definition) is 1. The minimum absolute atomic E-state index is 0.0710. The van der Waals surface area contributed by atoms with Gasteiger partial charge in [-0.3, -0.25) is 9.59 Å². The van der Waals surface area contributed by atoms with E-state index in [1.54, 1.807) is 31.4 Å².